The van der Waals surface area contributed by atoms with Gasteiger partial charge in [-0.1, -0.05) is 6.92 Å². The van der Waals surface area contributed by atoms with E-state index in [1.165, 1.54) is 0 Å². The lowest BCUT2D eigenvalue weighted by Gasteiger charge is -2.16. The van der Waals surface area contributed by atoms with Crippen LogP contribution >= 0.6 is 0 Å². The van der Waals surface area contributed by atoms with Gasteiger partial charge in [0, 0.05) is 25.9 Å². The molecule has 2 atom stereocenters. The van der Waals surface area contributed by atoms with Crippen molar-refractivity contribution in [1.82, 2.24) is 4.90 Å². The molecule has 0 saturated heterocycles. The maximum atomic E-state index is 11.6. The molecule has 1 amide bonds. The first-order valence-electron chi connectivity index (χ1n) is 4.99. The summed E-state index contributed by atoms with van der Waals surface area (Å²) in [5.74, 6) is 0.0859. The fraction of sp³-hybridized carbons (Fsp3) is 0.800. The molecule has 2 unspecified atom stereocenters. The van der Waals surface area contributed by atoms with E-state index in [0.717, 1.165) is 6.42 Å². The van der Waals surface area contributed by atoms with Gasteiger partial charge in [-0.05, 0) is 18.8 Å². The lowest BCUT2D eigenvalue weighted by molar-refractivity contribution is -0.138. The summed E-state index contributed by atoms with van der Waals surface area (Å²) in [6.45, 7) is 2.61. The molecule has 1 aliphatic rings. The Labute approximate surface area is 83.9 Å². The van der Waals surface area contributed by atoms with Crippen molar-refractivity contribution in [1.29, 1.82) is 0 Å². The van der Waals surface area contributed by atoms with E-state index >= 15 is 0 Å². The number of hydrogen-bond acceptors (Lipinski definition) is 2. The molecule has 0 aromatic carbocycles. The Morgan fingerprint density at radius 3 is 2.50 bits per heavy atom. The third-order valence-corrected chi connectivity index (χ3v) is 2.69. The smallest absolute Gasteiger partial charge is 0.303 e. The van der Waals surface area contributed by atoms with Crippen molar-refractivity contribution < 1.29 is 14.7 Å². The van der Waals surface area contributed by atoms with E-state index in [9.17, 15) is 9.59 Å². The number of amides is 1. The number of carbonyl (C=O) groups is 2. The van der Waals surface area contributed by atoms with E-state index in [1.54, 1.807) is 11.9 Å². The fourth-order valence-corrected chi connectivity index (χ4v) is 1.53. The summed E-state index contributed by atoms with van der Waals surface area (Å²) in [5.41, 5.74) is 0. The third kappa shape index (κ3) is 3.01. The van der Waals surface area contributed by atoms with Crippen LogP contribution in [0.5, 0.6) is 0 Å². The van der Waals surface area contributed by atoms with Gasteiger partial charge >= 0.3 is 5.97 Å². The maximum Gasteiger partial charge on any atom is 0.303 e. The molecule has 1 aliphatic carbocycles. The summed E-state index contributed by atoms with van der Waals surface area (Å²) in [4.78, 5) is 23.5. The zero-order chi connectivity index (χ0) is 10.7. The largest absolute Gasteiger partial charge is 0.481 e. The van der Waals surface area contributed by atoms with Gasteiger partial charge in [-0.25, -0.2) is 0 Å². The Morgan fingerprint density at radius 2 is 2.07 bits per heavy atom. The first kappa shape index (κ1) is 11.0. The molecule has 0 aromatic heterocycles. The minimum absolute atomic E-state index is 0.137. The number of nitrogens with zero attached hydrogens (tertiary/aromatic N) is 1. The number of carboxylic acid groups (broad SMARTS) is 1. The molecular weight excluding hydrogens is 182 g/mol. The Kier molecular flexibility index (Phi) is 3.49. The molecule has 1 fully saturated rings. The molecule has 80 valence electrons. The summed E-state index contributed by atoms with van der Waals surface area (Å²) >= 11 is 0. The highest BCUT2D eigenvalue weighted by Crippen LogP contribution is 2.38. The Morgan fingerprint density at radius 1 is 1.50 bits per heavy atom. The Bertz CT molecular complexity index is 240. The second-order valence-corrected chi connectivity index (χ2v) is 4.08. The average Bonchev–Trinajstić information content (AvgIpc) is 2.80. The number of rotatable bonds is 5. The van der Waals surface area contributed by atoms with E-state index in [0.29, 0.717) is 18.9 Å². The van der Waals surface area contributed by atoms with Gasteiger partial charge in [0.2, 0.25) is 5.91 Å². The molecule has 4 nitrogen and oxygen atoms in total. The summed E-state index contributed by atoms with van der Waals surface area (Å²) < 4.78 is 0. The van der Waals surface area contributed by atoms with E-state index in [1.807, 2.05) is 0 Å². The van der Waals surface area contributed by atoms with E-state index in [2.05, 4.69) is 6.92 Å². The lowest BCUT2D eigenvalue weighted by atomic mass is 10.2. The van der Waals surface area contributed by atoms with Crippen molar-refractivity contribution >= 4 is 11.9 Å². The zero-order valence-electron chi connectivity index (χ0n) is 8.69. The van der Waals surface area contributed by atoms with Crippen molar-refractivity contribution in [2.75, 3.05) is 13.6 Å². The summed E-state index contributed by atoms with van der Waals surface area (Å²) in [7, 11) is 1.75. The van der Waals surface area contributed by atoms with Crippen LogP contribution in [0.3, 0.4) is 0 Å². The lowest BCUT2D eigenvalue weighted by Crippen LogP contribution is -2.29. The predicted octanol–water partition coefficient (Wildman–Crippen LogP) is 0.966. The van der Waals surface area contributed by atoms with Gasteiger partial charge in [0.15, 0.2) is 0 Å². The average molecular weight is 199 g/mol. The van der Waals surface area contributed by atoms with Crippen LogP contribution in [0.1, 0.15) is 26.2 Å². The molecule has 14 heavy (non-hydrogen) atoms. The topological polar surface area (TPSA) is 57.6 Å². The Hall–Kier alpha value is -1.06. The van der Waals surface area contributed by atoms with Gasteiger partial charge in [0.05, 0.1) is 0 Å². The maximum absolute atomic E-state index is 11.6. The molecule has 4 heteroatoms. The summed E-state index contributed by atoms with van der Waals surface area (Å²) in [6.07, 6.45) is 1.67. The van der Waals surface area contributed by atoms with E-state index < -0.39 is 5.97 Å². The van der Waals surface area contributed by atoms with Crippen LogP contribution in [-0.2, 0) is 9.59 Å². The highest BCUT2D eigenvalue weighted by Gasteiger charge is 2.40. The summed E-state index contributed by atoms with van der Waals surface area (Å²) in [6, 6.07) is 0. The monoisotopic (exact) mass is 199 g/mol. The molecule has 0 aromatic rings. The molecule has 1 saturated carbocycles. The first-order valence-corrected chi connectivity index (χ1v) is 4.99. The predicted molar refractivity (Wildman–Crippen MR) is 51.8 cm³/mol. The minimum Gasteiger partial charge on any atom is -0.481 e. The van der Waals surface area contributed by atoms with Gasteiger partial charge in [-0.15, -0.1) is 0 Å². The fourth-order valence-electron chi connectivity index (χ4n) is 1.53. The summed E-state index contributed by atoms with van der Waals surface area (Å²) in [5, 5.41) is 8.43. The zero-order valence-corrected chi connectivity index (χ0v) is 8.69. The quantitative estimate of drug-likeness (QED) is 0.717. The second-order valence-electron chi connectivity index (χ2n) is 4.08. The van der Waals surface area contributed by atoms with Crippen LogP contribution in [-0.4, -0.2) is 35.5 Å². The molecule has 1 rings (SSSR count). The number of aliphatic carboxylic acids is 1. The third-order valence-electron chi connectivity index (χ3n) is 2.69. The molecule has 0 aliphatic heterocycles. The van der Waals surface area contributed by atoms with Crippen LogP contribution in [0.2, 0.25) is 0 Å². The molecule has 0 heterocycles. The van der Waals surface area contributed by atoms with Crippen LogP contribution < -0.4 is 0 Å². The van der Waals surface area contributed by atoms with Gasteiger partial charge in [0.25, 0.3) is 0 Å². The van der Waals surface area contributed by atoms with E-state index in [4.69, 9.17) is 5.11 Å². The first-order chi connectivity index (χ1) is 6.52. The van der Waals surface area contributed by atoms with Gasteiger partial charge in [-0.3, -0.25) is 9.59 Å². The van der Waals surface area contributed by atoms with Gasteiger partial charge < -0.3 is 10.0 Å². The van der Waals surface area contributed by atoms with Crippen LogP contribution in [0.25, 0.3) is 0 Å². The normalized spacial score (nSPS) is 24.4. The highest BCUT2D eigenvalue weighted by atomic mass is 16.4. The van der Waals surface area contributed by atoms with Gasteiger partial charge in [-0.2, -0.15) is 0 Å². The highest BCUT2D eigenvalue weighted by molar-refractivity contribution is 5.81. The minimum atomic E-state index is -0.800. The number of hydrogen-bond donors (Lipinski definition) is 1. The van der Waals surface area contributed by atoms with Crippen molar-refractivity contribution in [2.24, 2.45) is 11.8 Å². The van der Waals surface area contributed by atoms with Crippen molar-refractivity contribution in [3.05, 3.63) is 0 Å². The second kappa shape index (κ2) is 4.44. The number of carboxylic acids is 1. The molecule has 0 bridgehead atoms. The number of carbonyl (C=O) groups excluding carboxylic acids is 1. The van der Waals surface area contributed by atoms with E-state index in [-0.39, 0.29) is 18.2 Å². The van der Waals surface area contributed by atoms with Crippen LogP contribution in [0.4, 0.5) is 0 Å². The van der Waals surface area contributed by atoms with Gasteiger partial charge in [0.1, 0.15) is 0 Å². The standard InChI is InChI=1S/C10H17NO3/c1-7-6-8(7)10(14)11(2)5-3-4-9(12)13/h7-8H,3-6H2,1-2H3,(H,12,13). The molecule has 1 N–H and O–H groups in total. The van der Waals surface area contributed by atoms with Crippen molar-refractivity contribution in [2.45, 2.75) is 26.2 Å². The van der Waals surface area contributed by atoms with Crippen molar-refractivity contribution in [3.63, 3.8) is 0 Å². The molecule has 0 radical (unpaired) electrons. The van der Waals surface area contributed by atoms with Crippen molar-refractivity contribution in [3.8, 4) is 0 Å². The molecule has 0 spiro atoms. The SMILES string of the molecule is CC1CC1C(=O)N(C)CCCC(=O)O. The van der Waals surface area contributed by atoms with Crippen LogP contribution in [0, 0.1) is 11.8 Å². The molecular formula is C10H17NO3. The Balaban J connectivity index is 2.17. The van der Waals surface area contributed by atoms with Crippen LogP contribution in [0.15, 0.2) is 0 Å².